The molecule has 0 fully saturated rings. The molecule has 0 heterocycles. The highest BCUT2D eigenvalue weighted by Crippen LogP contribution is 2.24. The average Bonchev–Trinajstić information content (AvgIpc) is 2.31. The fourth-order valence-corrected chi connectivity index (χ4v) is 2.24. The molecule has 0 unspecified atom stereocenters. The molecule has 1 aromatic rings. The molecule has 1 amide bonds. The molecule has 94 valence electrons. The molecule has 0 bridgehead atoms. The second-order valence-corrected chi connectivity index (χ2v) is 5.88. The highest BCUT2D eigenvalue weighted by molar-refractivity contribution is 8.00. The SMILES string of the molecule is CC[C@H](C)NC(=O)[C@@H](C)Sc1ccc(Cl)cc1. The number of hydrogen-bond donors (Lipinski definition) is 1. The number of carbonyl (C=O) groups is 1. The average molecular weight is 272 g/mol. The summed E-state index contributed by atoms with van der Waals surface area (Å²) in [5.74, 6) is 0.0827. The predicted molar refractivity (Wildman–Crippen MR) is 74.7 cm³/mol. The summed E-state index contributed by atoms with van der Waals surface area (Å²) in [6.45, 7) is 5.98. The number of amides is 1. The van der Waals surface area contributed by atoms with Crippen molar-refractivity contribution in [3.8, 4) is 0 Å². The zero-order valence-electron chi connectivity index (χ0n) is 10.4. The summed E-state index contributed by atoms with van der Waals surface area (Å²) in [6, 6.07) is 7.77. The van der Waals surface area contributed by atoms with Crippen molar-refractivity contribution in [2.45, 2.75) is 43.4 Å². The minimum atomic E-state index is -0.0924. The number of rotatable bonds is 5. The molecule has 0 spiro atoms. The maximum Gasteiger partial charge on any atom is 0.233 e. The van der Waals surface area contributed by atoms with Crippen LogP contribution in [0.1, 0.15) is 27.2 Å². The number of nitrogens with one attached hydrogen (secondary N) is 1. The van der Waals surface area contributed by atoms with Crippen molar-refractivity contribution in [2.24, 2.45) is 0 Å². The molecule has 0 aromatic heterocycles. The van der Waals surface area contributed by atoms with Crippen molar-refractivity contribution >= 4 is 29.3 Å². The van der Waals surface area contributed by atoms with Gasteiger partial charge in [0.15, 0.2) is 0 Å². The van der Waals surface area contributed by atoms with E-state index in [4.69, 9.17) is 11.6 Å². The first-order chi connectivity index (χ1) is 8.02. The van der Waals surface area contributed by atoms with Gasteiger partial charge < -0.3 is 5.32 Å². The van der Waals surface area contributed by atoms with Crippen molar-refractivity contribution < 1.29 is 4.79 Å². The normalized spacial score (nSPS) is 14.1. The van der Waals surface area contributed by atoms with E-state index in [0.29, 0.717) is 5.02 Å². The Balaban J connectivity index is 2.51. The third-order valence-electron chi connectivity index (χ3n) is 2.50. The number of benzene rings is 1. The number of halogens is 1. The summed E-state index contributed by atoms with van der Waals surface area (Å²) >= 11 is 7.35. The van der Waals surface area contributed by atoms with Gasteiger partial charge in [0.2, 0.25) is 5.91 Å². The lowest BCUT2D eigenvalue weighted by Gasteiger charge is -2.15. The smallest absolute Gasteiger partial charge is 0.233 e. The lowest BCUT2D eigenvalue weighted by atomic mass is 10.2. The number of carbonyl (C=O) groups excluding carboxylic acids is 1. The minimum absolute atomic E-state index is 0.0827. The zero-order valence-corrected chi connectivity index (χ0v) is 11.9. The molecule has 1 rings (SSSR count). The van der Waals surface area contributed by atoms with Gasteiger partial charge in [0.1, 0.15) is 0 Å². The van der Waals surface area contributed by atoms with Gasteiger partial charge in [0.05, 0.1) is 5.25 Å². The van der Waals surface area contributed by atoms with E-state index >= 15 is 0 Å². The quantitative estimate of drug-likeness (QED) is 0.827. The van der Waals surface area contributed by atoms with Crippen molar-refractivity contribution in [3.05, 3.63) is 29.3 Å². The van der Waals surface area contributed by atoms with Gasteiger partial charge in [0, 0.05) is 16.0 Å². The van der Waals surface area contributed by atoms with E-state index in [1.54, 1.807) is 11.8 Å². The van der Waals surface area contributed by atoms with Crippen LogP contribution >= 0.6 is 23.4 Å². The van der Waals surface area contributed by atoms with E-state index in [9.17, 15) is 4.79 Å². The summed E-state index contributed by atoms with van der Waals surface area (Å²) in [5, 5.41) is 3.60. The second-order valence-electron chi connectivity index (χ2n) is 4.03. The Kier molecular flexibility index (Phi) is 5.86. The molecule has 1 N–H and O–H groups in total. The van der Waals surface area contributed by atoms with Crippen LogP contribution in [0.3, 0.4) is 0 Å². The van der Waals surface area contributed by atoms with Gasteiger partial charge in [-0.3, -0.25) is 4.79 Å². The molecule has 0 aliphatic heterocycles. The zero-order chi connectivity index (χ0) is 12.8. The largest absolute Gasteiger partial charge is 0.353 e. The summed E-state index contributed by atoms with van der Waals surface area (Å²) < 4.78 is 0. The fourth-order valence-electron chi connectivity index (χ4n) is 1.23. The van der Waals surface area contributed by atoms with E-state index in [2.05, 4.69) is 12.2 Å². The van der Waals surface area contributed by atoms with Gasteiger partial charge in [-0.2, -0.15) is 0 Å². The van der Waals surface area contributed by atoms with Crippen LogP contribution in [0.2, 0.25) is 5.02 Å². The Labute approximate surface area is 112 Å². The van der Waals surface area contributed by atoms with Crippen LogP contribution in [0.25, 0.3) is 0 Å². The summed E-state index contributed by atoms with van der Waals surface area (Å²) in [6.07, 6.45) is 0.948. The first-order valence-electron chi connectivity index (χ1n) is 5.75. The van der Waals surface area contributed by atoms with Crippen LogP contribution in [0.15, 0.2) is 29.2 Å². The van der Waals surface area contributed by atoms with Gasteiger partial charge in [-0.15, -0.1) is 11.8 Å². The van der Waals surface area contributed by atoms with Crippen LogP contribution < -0.4 is 5.32 Å². The van der Waals surface area contributed by atoms with Crippen molar-refractivity contribution in [1.82, 2.24) is 5.32 Å². The lowest BCUT2D eigenvalue weighted by Crippen LogP contribution is -2.37. The summed E-state index contributed by atoms with van der Waals surface area (Å²) in [5.41, 5.74) is 0. The molecule has 17 heavy (non-hydrogen) atoms. The van der Waals surface area contributed by atoms with Gasteiger partial charge in [-0.25, -0.2) is 0 Å². The standard InChI is InChI=1S/C13H18ClNOS/c1-4-9(2)15-13(16)10(3)17-12-7-5-11(14)6-8-12/h5-10H,4H2,1-3H3,(H,15,16)/t9-,10+/m0/s1. The van der Waals surface area contributed by atoms with E-state index in [1.165, 1.54) is 0 Å². The minimum Gasteiger partial charge on any atom is -0.353 e. The monoisotopic (exact) mass is 271 g/mol. The Hall–Kier alpha value is -0.670. The molecule has 4 heteroatoms. The van der Waals surface area contributed by atoms with E-state index in [1.807, 2.05) is 38.1 Å². The number of hydrogen-bond acceptors (Lipinski definition) is 2. The van der Waals surface area contributed by atoms with E-state index < -0.39 is 0 Å². The maximum atomic E-state index is 11.8. The van der Waals surface area contributed by atoms with Crippen molar-refractivity contribution in [3.63, 3.8) is 0 Å². The maximum absolute atomic E-state index is 11.8. The highest BCUT2D eigenvalue weighted by Gasteiger charge is 2.15. The van der Waals surface area contributed by atoms with Crippen molar-refractivity contribution in [1.29, 1.82) is 0 Å². The molecule has 2 nitrogen and oxygen atoms in total. The Morgan fingerprint density at radius 2 is 1.94 bits per heavy atom. The van der Waals surface area contributed by atoms with Crippen LogP contribution in [0.5, 0.6) is 0 Å². The second kappa shape index (κ2) is 6.92. The first-order valence-corrected chi connectivity index (χ1v) is 7.01. The van der Waals surface area contributed by atoms with E-state index in [0.717, 1.165) is 11.3 Å². The van der Waals surface area contributed by atoms with Crippen LogP contribution in [0, 0.1) is 0 Å². The predicted octanol–water partition coefficient (Wildman–Crippen LogP) is 3.74. The Morgan fingerprint density at radius 1 is 1.35 bits per heavy atom. The van der Waals surface area contributed by atoms with Crippen LogP contribution in [-0.4, -0.2) is 17.2 Å². The molecular weight excluding hydrogens is 254 g/mol. The molecular formula is C13H18ClNOS. The molecule has 0 aliphatic carbocycles. The first kappa shape index (κ1) is 14.4. The third kappa shape index (κ3) is 5.00. The van der Waals surface area contributed by atoms with Crippen LogP contribution in [-0.2, 0) is 4.79 Å². The fraction of sp³-hybridized carbons (Fsp3) is 0.462. The summed E-state index contributed by atoms with van der Waals surface area (Å²) in [4.78, 5) is 12.9. The van der Waals surface area contributed by atoms with Gasteiger partial charge in [-0.05, 0) is 44.5 Å². The molecule has 0 saturated carbocycles. The highest BCUT2D eigenvalue weighted by atomic mass is 35.5. The van der Waals surface area contributed by atoms with Crippen LogP contribution in [0.4, 0.5) is 0 Å². The molecule has 2 atom stereocenters. The molecule has 0 aliphatic rings. The van der Waals surface area contributed by atoms with Gasteiger partial charge in [-0.1, -0.05) is 18.5 Å². The lowest BCUT2D eigenvalue weighted by molar-refractivity contribution is -0.120. The summed E-state index contributed by atoms with van der Waals surface area (Å²) in [7, 11) is 0. The van der Waals surface area contributed by atoms with Gasteiger partial charge >= 0.3 is 0 Å². The molecule has 1 aromatic carbocycles. The topological polar surface area (TPSA) is 29.1 Å². The van der Waals surface area contributed by atoms with Crippen molar-refractivity contribution in [2.75, 3.05) is 0 Å². The molecule has 0 saturated heterocycles. The third-order valence-corrected chi connectivity index (χ3v) is 3.86. The Bertz CT molecular complexity index is 366. The Morgan fingerprint density at radius 3 is 2.47 bits per heavy atom. The molecule has 0 radical (unpaired) electrons. The van der Waals surface area contributed by atoms with E-state index in [-0.39, 0.29) is 17.2 Å². The van der Waals surface area contributed by atoms with Gasteiger partial charge in [0.25, 0.3) is 0 Å². The number of thioether (sulfide) groups is 1.